The van der Waals surface area contributed by atoms with Gasteiger partial charge in [0.25, 0.3) is 0 Å². The number of carbonyl (C=O) groups excluding carboxylic acids is 1. The summed E-state index contributed by atoms with van der Waals surface area (Å²) in [5, 5.41) is 3.25. The molecule has 1 atom stereocenters. The van der Waals surface area contributed by atoms with Gasteiger partial charge < -0.3 is 14.8 Å². The molecule has 0 saturated carbocycles. The maximum absolute atomic E-state index is 11.7. The number of carbonyl (C=O) groups is 1. The second kappa shape index (κ2) is 6.45. The van der Waals surface area contributed by atoms with Gasteiger partial charge in [-0.1, -0.05) is 6.07 Å². The summed E-state index contributed by atoms with van der Waals surface area (Å²) in [4.78, 5) is 11.7. The van der Waals surface area contributed by atoms with Gasteiger partial charge in [-0.3, -0.25) is 4.79 Å². The molecule has 1 N–H and O–H groups in total. The van der Waals surface area contributed by atoms with E-state index in [9.17, 15) is 4.79 Å². The highest BCUT2D eigenvalue weighted by Gasteiger charge is 2.18. The molecule has 0 bridgehead atoms. The van der Waals surface area contributed by atoms with Crippen LogP contribution in [0.15, 0.2) is 24.3 Å². The highest BCUT2D eigenvalue weighted by atomic mass is 16.6. The molecule has 0 aliphatic carbocycles. The van der Waals surface area contributed by atoms with Crippen molar-refractivity contribution >= 4 is 11.7 Å². The molecule has 0 radical (unpaired) electrons. The minimum atomic E-state index is -0.438. The van der Waals surface area contributed by atoms with Crippen LogP contribution in [0.3, 0.4) is 0 Å². The third kappa shape index (κ3) is 6.13. The lowest BCUT2D eigenvalue weighted by Crippen LogP contribution is -2.28. The van der Waals surface area contributed by atoms with Crippen LogP contribution in [0.4, 0.5) is 5.69 Å². The van der Waals surface area contributed by atoms with Crippen molar-refractivity contribution in [1.82, 2.24) is 0 Å². The number of nitrogens with one attached hydrogen (secondary N) is 1. The lowest BCUT2D eigenvalue weighted by atomic mass is 10.1. The van der Waals surface area contributed by atoms with Crippen molar-refractivity contribution in [2.75, 3.05) is 12.4 Å². The van der Waals surface area contributed by atoms with Crippen LogP contribution >= 0.6 is 0 Å². The average molecular weight is 265 g/mol. The van der Waals surface area contributed by atoms with Gasteiger partial charge in [0, 0.05) is 17.8 Å². The third-order valence-electron chi connectivity index (χ3n) is 2.38. The van der Waals surface area contributed by atoms with Gasteiger partial charge >= 0.3 is 5.97 Å². The largest absolute Gasteiger partial charge is 0.497 e. The maximum Gasteiger partial charge on any atom is 0.308 e. The van der Waals surface area contributed by atoms with Crippen molar-refractivity contribution < 1.29 is 14.3 Å². The molecular formula is C15H23NO3. The van der Waals surface area contributed by atoms with Gasteiger partial charge in [0.1, 0.15) is 11.4 Å². The van der Waals surface area contributed by atoms with Crippen LogP contribution in [0.5, 0.6) is 5.75 Å². The fraction of sp³-hybridized carbons (Fsp3) is 0.533. The SMILES string of the molecule is COc1cccc(N[C@@H](C)CC(=O)OC(C)(C)C)c1. The molecule has 1 aromatic rings. The zero-order valence-corrected chi connectivity index (χ0v) is 12.3. The topological polar surface area (TPSA) is 47.6 Å². The van der Waals surface area contributed by atoms with Crippen LogP contribution in [-0.2, 0) is 9.53 Å². The average Bonchev–Trinajstić information content (AvgIpc) is 2.26. The van der Waals surface area contributed by atoms with E-state index in [1.807, 2.05) is 52.0 Å². The van der Waals surface area contributed by atoms with E-state index in [1.165, 1.54) is 0 Å². The predicted octanol–water partition coefficient (Wildman–Crippen LogP) is 3.23. The smallest absolute Gasteiger partial charge is 0.308 e. The van der Waals surface area contributed by atoms with Crippen molar-refractivity contribution in [3.05, 3.63) is 24.3 Å². The number of esters is 1. The minimum Gasteiger partial charge on any atom is -0.497 e. The standard InChI is InChI=1S/C15H23NO3/c1-11(9-14(17)19-15(2,3)4)16-12-7-6-8-13(10-12)18-5/h6-8,10-11,16H,9H2,1-5H3/t11-/m0/s1. The first-order valence-electron chi connectivity index (χ1n) is 6.42. The molecule has 1 rings (SSSR count). The second-order valence-electron chi connectivity index (χ2n) is 5.57. The Bertz CT molecular complexity index is 424. The van der Waals surface area contributed by atoms with E-state index in [-0.39, 0.29) is 12.0 Å². The van der Waals surface area contributed by atoms with Crippen LogP contribution in [0, 0.1) is 0 Å². The van der Waals surface area contributed by atoms with Crippen LogP contribution < -0.4 is 10.1 Å². The Labute approximate surface area is 115 Å². The second-order valence-corrected chi connectivity index (χ2v) is 5.57. The van der Waals surface area contributed by atoms with Crippen LogP contribution in [-0.4, -0.2) is 24.7 Å². The molecule has 0 saturated heterocycles. The molecule has 19 heavy (non-hydrogen) atoms. The van der Waals surface area contributed by atoms with Gasteiger partial charge in [0.2, 0.25) is 0 Å². The van der Waals surface area contributed by atoms with E-state index >= 15 is 0 Å². The Hall–Kier alpha value is -1.71. The van der Waals surface area contributed by atoms with E-state index in [2.05, 4.69) is 5.32 Å². The van der Waals surface area contributed by atoms with E-state index in [4.69, 9.17) is 9.47 Å². The highest BCUT2D eigenvalue weighted by Crippen LogP contribution is 2.18. The summed E-state index contributed by atoms with van der Waals surface area (Å²) in [6.07, 6.45) is 0.328. The molecule has 0 heterocycles. The van der Waals surface area contributed by atoms with Crippen molar-refractivity contribution in [2.24, 2.45) is 0 Å². The van der Waals surface area contributed by atoms with Crippen molar-refractivity contribution in [2.45, 2.75) is 45.8 Å². The molecular weight excluding hydrogens is 242 g/mol. The molecule has 0 aromatic heterocycles. The first-order chi connectivity index (χ1) is 8.80. The summed E-state index contributed by atoms with van der Waals surface area (Å²) in [5.74, 6) is 0.588. The number of hydrogen-bond acceptors (Lipinski definition) is 4. The van der Waals surface area contributed by atoms with Gasteiger partial charge in [-0.25, -0.2) is 0 Å². The zero-order valence-electron chi connectivity index (χ0n) is 12.3. The number of anilines is 1. The predicted molar refractivity (Wildman–Crippen MR) is 76.5 cm³/mol. The fourth-order valence-electron chi connectivity index (χ4n) is 1.68. The first-order valence-corrected chi connectivity index (χ1v) is 6.42. The Morgan fingerprint density at radius 3 is 2.63 bits per heavy atom. The quantitative estimate of drug-likeness (QED) is 0.830. The van der Waals surface area contributed by atoms with Gasteiger partial charge in [0.05, 0.1) is 13.5 Å². The van der Waals surface area contributed by atoms with Crippen LogP contribution in [0.25, 0.3) is 0 Å². The molecule has 0 unspecified atom stereocenters. The van der Waals surface area contributed by atoms with Crippen LogP contribution in [0.2, 0.25) is 0 Å². The molecule has 0 aliphatic heterocycles. The molecule has 106 valence electrons. The highest BCUT2D eigenvalue weighted by molar-refractivity contribution is 5.71. The minimum absolute atomic E-state index is 0.00181. The van der Waals surface area contributed by atoms with Crippen LogP contribution in [0.1, 0.15) is 34.1 Å². The van der Waals surface area contributed by atoms with Gasteiger partial charge in [-0.2, -0.15) is 0 Å². The number of hydrogen-bond donors (Lipinski definition) is 1. The summed E-state index contributed by atoms with van der Waals surface area (Å²) in [7, 11) is 1.63. The lowest BCUT2D eigenvalue weighted by Gasteiger charge is -2.21. The van der Waals surface area contributed by atoms with E-state index < -0.39 is 5.60 Å². The molecule has 0 aliphatic rings. The molecule has 4 heteroatoms. The van der Waals surface area contributed by atoms with E-state index in [1.54, 1.807) is 7.11 Å². The molecule has 0 amide bonds. The Kier molecular flexibility index (Phi) is 5.21. The molecule has 1 aromatic carbocycles. The van der Waals surface area contributed by atoms with Gasteiger partial charge in [0.15, 0.2) is 0 Å². The fourth-order valence-corrected chi connectivity index (χ4v) is 1.68. The monoisotopic (exact) mass is 265 g/mol. The lowest BCUT2D eigenvalue weighted by molar-refractivity contribution is -0.154. The number of methoxy groups -OCH3 is 1. The Morgan fingerprint density at radius 2 is 2.05 bits per heavy atom. The normalized spacial score (nSPS) is 12.7. The van der Waals surface area contributed by atoms with E-state index in [0.29, 0.717) is 6.42 Å². The van der Waals surface area contributed by atoms with Gasteiger partial charge in [-0.05, 0) is 39.8 Å². The third-order valence-corrected chi connectivity index (χ3v) is 2.38. The summed E-state index contributed by atoms with van der Waals surface area (Å²) < 4.78 is 10.4. The number of rotatable bonds is 5. The summed E-state index contributed by atoms with van der Waals surface area (Å²) in [6.45, 7) is 7.55. The Morgan fingerprint density at radius 1 is 1.37 bits per heavy atom. The maximum atomic E-state index is 11.7. The molecule has 4 nitrogen and oxygen atoms in total. The number of ether oxygens (including phenoxy) is 2. The summed E-state index contributed by atoms with van der Waals surface area (Å²) >= 11 is 0. The zero-order chi connectivity index (χ0) is 14.5. The van der Waals surface area contributed by atoms with E-state index in [0.717, 1.165) is 11.4 Å². The first kappa shape index (κ1) is 15.3. The molecule has 0 spiro atoms. The summed E-state index contributed by atoms with van der Waals surface area (Å²) in [6, 6.07) is 7.62. The van der Waals surface area contributed by atoms with Crippen molar-refractivity contribution in [1.29, 1.82) is 0 Å². The number of benzene rings is 1. The Balaban J connectivity index is 2.50. The molecule has 0 fully saturated rings. The van der Waals surface area contributed by atoms with Crippen molar-refractivity contribution in [3.63, 3.8) is 0 Å². The summed E-state index contributed by atoms with van der Waals surface area (Å²) in [5.41, 5.74) is 0.489. The van der Waals surface area contributed by atoms with Crippen molar-refractivity contribution in [3.8, 4) is 5.75 Å². The van der Waals surface area contributed by atoms with Gasteiger partial charge in [-0.15, -0.1) is 0 Å².